The predicted octanol–water partition coefficient (Wildman–Crippen LogP) is 2.63. The molecule has 0 fully saturated rings. The van der Waals surface area contributed by atoms with Crippen LogP contribution in [-0.4, -0.2) is 18.0 Å². The summed E-state index contributed by atoms with van der Waals surface area (Å²) in [7, 11) is -3.54. The highest BCUT2D eigenvalue weighted by Crippen LogP contribution is 2.17. The van der Waals surface area contributed by atoms with Gasteiger partial charge in [-0.25, -0.2) is 18.1 Å². The first-order valence-electron chi connectivity index (χ1n) is 7.36. The van der Waals surface area contributed by atoms with Crippen molar-refractivity contribution < 1.29 is 8.42 Å². The zero-order chi connectivity index (χ0) is 16.3. The summed E-state index contributed by atoms with van der Waals surface area (Å²) < 4.78 is 29.6. The average molecular weight is 321 g/mol. The summed E-state index contributed by atoms with van der Waals surface area (Å²) in [6.07, 6.45) is 3.57. The maximum absolute atomic E-state index is 12.5. The summed E-state index contributed by atoms with van der Waals surface area (Å²) in [5, 5.41) is 0. The Hall–Kier alpha value is -1.66. The molecule has 0 saturated heterocycles. The van der Waals surface area contributed by atoms with Crippen molar-refractivity contribution >= 4 is 10.0 Å². The number of benzene rings is 1. The summed E-state index contributed by atoms with van der Waals surface area (Å²) in [5.74, 6) is 1.20. The zero-order valence-electron chi connectivity index (χ0n) is 13.5. The van der Waals surface area contributed by atoms with Crippen molar-refractivity contribution in [3.63, 3.8) is 0 Å². The SMILES string of the molecule is Cc1ccc(C)c(S(=O)(=O)NCc2nccn2CC(C)C)c1. The van der Waals surface area contributed by atoms with E-state index in [4.69, 9.17) is 0 Å². The van der Waals surface area contributed by atoms with Gasteiger partial charge in [-0.1, -0.05) is 26.0 Å². The normalized spacial score (nSPS) is 12.0. The molecule has 1 aromatic carbocycles. The van der Waals surface area contributed by atoms with E-state index in [-0.39, 0.29) is 6.54 Å². The Bertz CT molecular complexity index is 749. The number of hydrogen-bond acceptors (Lipinski definition) is 3. The van der Waals surface area contributed by atoms with Gasteiger partial charge in [-0.2, -0.15) is 0 Å². The minimum atomic E-state index is -3.54. The molecule has 5 nitrogen and oxygen atoms in total. The lowest BCUT2D eigenvalue weighted by Crippen LogP contribution is -2.26. The highest BCUT2D eigenvalue weighted by Gasteiger charge is 2.17. The molecule has 2 rings (SSSR count). The maximum atomic E-state index is 12.5. The first kappa shape index (κ1) is 16.7. The number of aromatic nitrogens is 2. The van der Waals surface area contributed by atoms with Crippen LogP contribution in [-0.2, 0) is 23.1 Å². The second kappa shape index (κ2) is 6.62. The van der Waals surface area contributed by atoms with E-state index in [1.807, 2.05) is 29.8 Å². The lowest BCUT2D eigenvalue weighted by molar-refractivity contribution is 0.502. The van der Waals surface area contributed by atoms with Crippen LogP contribution in [0.5, 0.6) is 0 Å². The van der Waals surface area contributed by atoms with Crippen LogP contribution < -0.4 is 4.72 Å². The fourth-order valence-electron chi connectivity index (χ4n) is 2.30. The van der Waals surface area contributed by atoms with Gasteiger partial charge in [-0.3, -0.25) is 0 Å². The Kier molecular flexibility index (Phi) is 5.03. The minimum Gasteiger partial charge on any atom is -0.334 e. The lowest BCUT2D eigenvalue weighted by atomic mass is 10.2. The molecule has 0 atom stereocenters. The van der Waals surface area contributed by atoms with Gasteiger partial charge in [0.1, 0.15) is 5.82 Å². The average Bonchev–Trinajstić information content (AvgIpc) is 2.86. The molecule has 0 spiro atoms. The van der Waals surface area contributed by atoms with Gasteiger partial charge in [-0.15, -0.1) is 0 Å². The summed E-state index contributed by atoms with van der Waals surface area (Å²) >= 11 is 0. The predicted molar refractivity (Wildman–Crippen MR) is 87.0 cm³/mol. The number of aryl methyl sites for hydroxylation is 2. The van der Waals surface area contributed by atoms with Crippen LogP contribution in [0.3, 0.4) is 0 Å². The zero-order valence-corrected chi connectivity index (χ0v) is 14.3. The molecule has 0 amide bonds. The summed E-state index contributed by atoms with van der Waals surface area (Å²) in [6, 6.07) is 5.42. The molecule has 2 aromatic rings. The third kappa shape index (κ3) is 3.96. The van der Waals surface area contributed by atoms with Crippen LogP contribution in [0, 0.1) is 19.8 Å². The van der Waals surface area contributed by atoms with Gasteiger partial charge in [0.25, 0.3) is 0 Å². The van der Waals surface area contributed by atoms with Crippen LogP contribution in [0.1, 0.15) is 30.8 Å². The van der Waals surface area contributed by atoms with Gasteiger partial charge >= 0.3 is 0 Å². The van der Waals surface area contributed by atoms with Gasteiger partial charge < -0.3 is 4.57 Å². The van der Waals surface area contributed by atoms with Crippen molar-refractivity contribution in [2.24, 2.45) is 5.92 Å². The number of nitrogens with one attached hydrogen (secondary N) is 1. The molecule has 0 unspecified atom stereocenters. The van der Waals surface area contributed by atoms with Crippen LogP contribution in [0.4, 0.5) is 0 Å². The monoisotopic (exact) mass is 321 g/mol. The largest absolute Gasteiger partial charge is 0.334 e. The third-order valence-corrected chi connectivity index (χ3v) is 4.96. The Labute approximate surface area is 132 Å². The molecule has 0 aliphatic rings. The summed E-state index contributed by atoms with van der Waals surface area (Å²) in [5.41, 5.74) is 1.66. The Morgan fingerprint density at radius 1 is 1.27 bits per heavy atom. The standard InChI is InChI=1S/C16H23N3O2S/c1-12(2)11-19-8-7-17-16(19)10-18-22(20,21)15-9-13(3)5-6-14(15)4/h5-9,12,18H,10-11H2,1-4H3. The van der Waals surface area contributed by atoms with Gasteiger partial charge in [0, 0.05) is 18.9 Å². The van der Waals surface area contributed by atoms with E-state index in [9.17, 15) is 8.42 Å². The molecule has 22 heavy (non-hydrogen) atoms. The number of nitrogens with zero attached hydrogens (tertiary/aromatic N) is 2. The second-order valence-electron chi connectivity index (χ2n) is 5.98. The Morgan fingerprint density at radius 3 is 2.68 bits per heavy atom. The molecule has 0 aliphatic carbocycles. The van der Waals surface area contributed by atoms with Crippen LogP contribution in [0.25, 0.3) is 0 Å². The van der Waals surface area contributed by atoms with E-state index in [0.717, 1.165) is 23.5 Å². The Balaban J connectivity index is 2.17. The van der Waals surface area contributed by atoms with Gasteiger partial charge in [-0.05, 0) is 37.0 Å². The van der Waals surface area contributed by atoms with E-state index in [1.165, 1.54) is 0 Å². The van der Waals surface area contributed by atoms with Crippen molar-refractivity contribution in [1.29, 1.82) is 0 Å². The van der Waals surface area contributed by atoms with Crippen molar-refractivity contribution in [3.05, 3.63) is 47.5 Å². The smallest absolute Gasteiger partial charge is 0.241 e. The number of sulfonamides is 1. The summed E-state index contributed by atoms with van der Waals surface area (Å²) in [4.78, 5) is 4.57. The minimum absolute atomic E-state index is 0.190. The van der Waals surface area contributed by atoms with Gasteiger partial charge in [0.2, 0.25) is 10.0 Å². The van der Waals surface area contributed by atoms with Crippen LogP contribution >= 0.6 is 0 Å². The maximum Gasteiger partial charge on any atom is 0.241 e. The van der Waals surface area contributed by atoms with E-state index in [1.54, 1.807) is 19.2 Å². The second-order valence-corrected chi connectivity index (χ2v) is 7.72. The molecule has 6 heteroatoms. The number of imidazole rings is 1. The first-order valence-corrected chi connectivity index (χ1v) is 8.85. The lowest BCUT2D eigenvalue weighted by Gasteiger charge is -2.12. The first-order chi connectivity index (χ1) is 10.3. The van der Waals surface area contributed by atoms with Gasteiger partial charge in [0.15, 0.2) is 0 Å². The van der Waals surface area contributed by atoms with Gasteiger partial charge in [0.05, 0.1) is 11.4 Å². The quantitative estimate of drug-likeness (QED) is 0.889. The Morgan fingerprint density at radius 2 is 2.00 bits per heavy atom. The molecule has 0 aliphatic heterocycles. The van der Waals surface area contributed by atoms with E-state index in [0.29, 0.717) is 10.8 Å². The van der Waals surface area contributed by atoms with Crippen molar-refractivity contribution in [2.45, 2.75) is 45.7 Å². The third-order valence-electron chi connectivity index (χ3n) is 3.42. The van der Waals surface area contributed by atoms with Crippen molar-refractivity contribution in [2.75, 3.05) is 0 Å². The molecule has 0 saturated carbocycles. The number of rotatable bonds is 6. The number of hydrogen-bond donors (Lipinski definition) is 1. The van der Waals surface area contributed by atoms with Crippen molar-refractivity contribution in [3.8, 4) is 0 Å². The van der Waals surface area contributed by atoms with Crippen molar-refractivity contribution in [1.82, 2.24) is 14.3 Å². The fourth-order valence-corrected chi connectivity index (χ4v) is 3.61. The van der Waals surface area contributed by atoms with Crippen LogP contribution in [0.2, 0.25) is 0 Å². The molecule has 0 bridgehead atoms. The molecular weight excluding hydrogens is 298 g/mol. The molecule has 0 radical (unpaired) electrons. The van der Waals surface area contributed by atoms with E-state index in [2.05, 4.69) is 23.6 Å². The van der Waals surface area contributed by atoms with E-state index < -0.39 is 10.0 Å². The molecule has 1 N–H and O–H groups in total. The molecule has 1 aromatic heterocycles. The highest BCUT2D eigenvalue weighted by atomic mass is 32.2. The van der Waals surface area contributed by atoms with Crippen LogP contribution in [0.15, 0.2) is 35.5 Å². The van der Waals surface area contributed by atoms with E-state index >= 15 is 0 Å². The molecule has 1 heterocycles. The fraction of sp³-hybridized carbons (Fsp3) is 0.438. The summed E-state index contributed by atoms with van der Waals surface area (Å²) in [6.45, 7) is 8.92. The highest BCUT2D eigenvalue weighted by molar-refractivity contribution is 7.89. The topological polar surface area (TPSA) is 64.0 Å². The molecule has 120 valence electrons. The molecular formula is C16H23N3O2S.